The minimum Gasteiger partial charge on any atom is -0.493 e. The van der Waals surface area contributed by atoms with Gasteiger partial charge in [0.1, 0.15) is 5.75 Å². The minimum atomic E-state index is 0.676. The zero-order valence-corrected chi connectivity index (χ0v) is 10.3. The highest BCUT2D eigenvalue weighted by atomic mass is 16.5. The predicted octanol–water partition coefficient (Wildman–Crippen LogP) is 2.26. The van der Waals surface area contributed by atoms with Gasteiger partial charge in [-0.05, 0) is 38.9 Å². The van der Waals surface area contributed by atoms with Crippen molar-refractivity contribution in [2.24, 2.45) is 5.73 Å². The fourth-order valence-corrected chi connectivity index (χ4v) is 1.63. The van der Waals surface area contributed by atoms with E-state index in [0.29, 0.717) is 13.2 Å². The van der Waals surface area contributed by atoms with E-state index >= 15 is 0 Å². The molecule has 0 saturated carbocycles. The Morgan fingerprint density at radius 1 is 1.25 bits per heavy atom. The maximum Gasteiger partial charge on any atom is 0.121 e. The van der Waals surface area contributed by atoms with Crippen molar-refractivity contribution in [1.82, 2.24) is 0 Å². The molecule has 0 unspecified atom stereocenters. The second-order valence-electron chi connectivity index (χ2n) is 3.66. The molecule has 1 aromatic rings. The third-order valence-electron chi connectivity index (χ3n) is 2.56. The van der Waals surface area contributed by atoms with Crippen molar-refractivity contribution in [3.05, 3.63) is 24.3 Å². The second kappa shape index (κ2) is 7.12. The van der Waals surface area contributed by atoms with E-state index in [2.05, 4.69) is 30.9 Å². The Morgan fingerprint density at radius 3 is 2.62 bits per heavy atom. The van der Waals surface area contributed by atoms with Crippen molar-refractivity contribution < 1.29 is 4.74 Å². The van der Waals surface area contributed by atoms with Gasteiger partial charge < -0.3 is 15.4 Å². The number of anilines is 1. The van der Waals surface area contributed by atoms with Crippen LogP contribution in [0.1, 0.15) is 20.3 Å². The van der Waals surface area contributed by atoms with E-state index in [1.54, 1.807) is 0 Å². The molecule has 0 aromatic heterocycles. The zero-order valence-electron chi connectivity index (χ0n) is 10.3. The minimum absolute atomic E-state index is 0.676. The van der Waals surface area contributed by atoms with Gasteiger partial charge in [0, 0.05) is 24.8 Å². The highest BCUT2D eigenvalue weighted by molar-refractivity contribution is 5.50. The quantitative estimate of drug-likeness (QED) is 0.719. The first kappa shape index (κ1) is 12.8. The molecule has 1 aromatic carbocycles. The molecule has 3 heteroatoms. The Balaban J connectivity index is 2.62. The van der Waals surface area contributed by atoms with Crippen LogP contribution >= 0.6 is 0 Å². The predicted molar refractivity (Wildman–Crippen MR) is 69.2 cm³/mol. The molecule has 0 aliphatic heterocycles. The fraction of sp³-hybridized carbons (Fsp3) is 0.538. The average Bonchev–Trinajstić information content (AvgIpc) is 2.32. The van der Waals surface area contributed by atoms with E-state index in [1.165, 1.54) is 5.69 Å². The van der Waals surface area contributed by atoms with Gasteiger partial charge in [0.05, 0.1) is 6.61 Å². The topological polar surface area (TPSA) is 38.5 Å². The SMILES string of the molecule is CCN(CC)c1cccc(OCCCN)c1. The number of ether oxygens (including phenoxy) is 1. The summed E-state index contributed by atoms with van der Waals surface area (Å²) in [5.41, 5.74) is 6.64. The monoisotopic (exact) mass is 222 g/mol. The summed E-state index contributed by atoms with van der Waals surface area (Å²) < 4.78 is 5.62. The lowest BCUT2D eigenvalue weighted by Gasteiger charge is -2.21. The van der Waals surface area contributed by atoms with Gasteiger partial charge >= 0.3 is 0 Å². The Labute approximate surface area is 98.2 Å². The first-order chi connectivity index (χ1) is 7.81. The molecule has 0 spiro atoms. The summed E-state index contributed by atoms with van der Waals surface area (Å²) in [5.74, 6) is 0.929. The van der Waals surface area contributed by atoms with Gasteiger partial charge in [-0.15, -0.1) is 0 Å². The molecule has 0 aliphatic rings. The third kappa shape index (κ3) is 3.74. The molecule has 0 fully saturated rings. The molecule has 1 rings (SSSR count). The Hall–Kier alpha value is -1.22. The molecule has 0 radical (unpaired) electrons. The van der Waals surface area contributed by atoms with Gasteiger partial charge in [-0.2, -0.15) is 0 Å². The van der Waals surface area contributed by atoms with Crippen LogP contribution in [0.3, 0.4) is 0 Å². The molecule has 0 heterocycles. The van der Waals surface area contributed by atoms with Crippen molar-refractivity contribution in [3.63, 3.8) is 0 Å². The van der Waals surface area contributed by atoms with Crippen LogP contribution in [-0.2, 0) is 0 Å². The summed E-state index contributed by atoms with van der Waals surface area (Å²) in [6.45, 7) is 7.72. The van der Waals surface area contributed by atoms with Crippen LogP contribution in [0, 0.1) is 0 Å². The standard InChI is InChI=1S/C13H22N2O/c1-3-15(4-2)12-7-5-8-13(11-12)16-10-6-9-14/h5,7-8,11H,3-4,6,9-10,14H2,1-2H3. The first-order valence-electron chi connectivity index (χ1n) is 5.99. The smallest absolute Gasteiger partial charge is 0.121 e. The van der Waals surface area contributed by atoms with Crippen molar-refractivity contribution in [3.8, 4) is 5.75 Å². The summed E-state index contributed by atoms with van der Waals surface area (Å²) in [6.07, 6.45) is 0.898. The Morgan fingerprint density at radius 2 is 2.00 bits per heavy atom. The molecule has 0 aliphatic carbocycles. The molecule has 2 N–H and O–H groups in total. The molecule has 16 heavy (non-hydrogen) atoms. The van der Waals surface area contributed by atoms with Crippen molar-refractivity contribution in [2.45, 2.75) is 20.3 Å². The summed E-state index contributed by atoms with van der Waals surface area (Å²) in [4.78, 5) is 2.30. The average molecular weight is 222 g/mol. The number of hydrogen-bond donors (Lipinski definition) is 1. The van der Waals surface area contributed by atoms with Crippen LogP contribution in [0.4, 0.5) is 5.69 Å². The fourth-order valence-electron chi connectivity index (χ4n) is 1.63. The number of nitrogens with two attached hydrogens (primary N) is 1. The third-order valence-corrected chi connectivity index (χ3v) is 2.56. The van der Waals surface area contributed by atoms with Crippen LogP contribution in [0.2, 0.25) is 0 Å². The van der Waals surface area contributed by atoms with Crippen LogP contribution in [0.5, 0.6) is 5.75 Å². The molecular formula is C13H22N2O. The van der Waals surface area contributed by atoms with Crippen LogP contribution < -0.4 is 15.4 Å². The van der Waals surface area contributed by atoms with Crippen molar-refractivity contribution in [1.29, 1.82) is 0 Å². The lowest BCUT2D eigenvalue weighted by atomic mass is 10.2. The summed E-state index contributed by atoms with van der Waals surface area (Å²) in [5, 5.41) is 0. The zero-order chi connectivity index (χ0) is 11.8. The number of nitrogens with zero attached hydrogens (tertiary/aromatic N) is 1. The van der Waals surface area contributed by atoms with Gasteiger partial charge in [-0.3, -0.25) is 0 Å². The van der Waals surface area contributed by atoms with Crippen LogP contribution in [0.25, 0.3) is 0 Å². The highest BCUT2D eigenvalue weighted by Crippen LogP contribution is 2.20. The number of rotatable bonds is 7. The Bertz CT molecular complexity index is 298. The molecule has 3 nitrogen and oxygen atoms in total. The van der Waals surface area contributed by atoms with Crippen molar-refractivity contribution in [2.75, 3.05) is 31.1 Å². The largest absolute Gasteiger partial charge is 0.493 e. The molecular weight excluding hydrogens is 200 g/mol. The normalized spacial score (nSPS) is 10.2. The van der Waals surface area contributed by atoms with E-state index < -0.39 is 0 Å². The highest BCUT2D eigenvalue weighted by Gasteiger charge is 2.02. The Kier molecular flexibility index (Phi) is 5.72. The molecule has 90 valence electrons. The van der Waals surface area contributed by atoms with E-state index in [0.717, 1.165) is 25.3 Å². The number of benzene rings is 1. The maximum atomic E-state index is 5.62. The van der Waals surface area contributed by atoms with Gasteiger partial charge in [-0.25, -0.2) is 0 Å². The summed E-state index contributed by atoms with van der Waals surface area (Å²) >= 11 is 0. The van der Waals surface area contributed by atoms with Gasteiger partial charge in [0.15, 0.2) is 0 Å². The summed E-state index contributed by atoms with van der Waals surface area (Å²) in [7, 11) is 0. The van der Waals surface area contributed by atoms with Crippen LogP contribution in [-0.4, -0.2) is 26.2 Å². The molecule has 0 atom stereocenters. The van der Waals surface area contributed by atoms with E-state index in [4.69, 9.17) is 10.5 Å². The van der Waals surface area contributed by atoms with Gasteiger partial charge in [0.25, 0.3) is 0 Å². The molecule has 0 amide bonds. The van der Waals surface area contributed by atoms with Crippen molar-refractivity contribution >= 4 is 5.69 Å². The van der Waals surface area contributed by atoms with Gasteiger partial charge in [-0.1, -0.05) is 6.07 Å². The lowest BCUT2D eigenvalue weighted by molar-refractivity contribution is 0.313. The number of hydrogen-bond acceptors (Lipinski definition) is 3. The molecule has 0 bridgehead atoms. The van der Waals surface area contributed by atoms with E-state index in [-0.39, 0.29) is 0 Å². The van der Waals surface area contributed by atoms with E-state index in [9.17, 15) is 0 Å². The van der Waals surface area contributed by atoms with Gasteiger partial charge in [0.2, 0.25) is 0 Å². The second-order valence-corrected chi connectivity index (χ2v) is 3.66. The lowest BCUT2D eigenvalue weighted by Crippen LogP contribution is -2.21. The van der Waals surface area contributed by atoms with E-state index in [1.807, 2.05) is 12.1 Å². The van der Waals surface area contributed by atoms with Crippen LogP contribution in [0.15, 0.2) is 24.3 Å². The maximum absolute atomic E-state index is 5.62. The first-order valence-corrected chi connectivity index (χ1v) is 5.99. The summed E-state index contributed by atoms with van der Waals surface area (Å²) in [6, 6.07) is 8.22. The molecule has 0 saturated heterocycles.